The number of hydrogen-bond acceptors (Lipinski definition) is 8. The van der Waals surface area contributed by atoms with Crippen molar-refractivity contribution in [2.75, 3.05) is 25.0 Å². The Labute approximate surface area is 262 Å². The molecule has 1 aromatic heterocycles. The molecule has 0 amide bonds. The molecule has 1 spiro atoms. The average molecular weight is 595 g/mol. The fourth-order valence-electron chi connectivity index (χ4n) is 10.8. The summed E-state index contributed by atoms with van der Waals surface area (Å²) in [6.07, 6.45) is 5.82. The van der Waals surface area contributed by atoms with E-state index >= 15 is 0 Å². The van der Waals surface area contributed by atoms with Crippen molar-refractivity contribution in [3.8, 4) is 0 Å². The van der Waals surface area contributed by atoms with Crippen molar-refractivity contribution in [3.63, 3.8) is 0 Å². The minimum atomic E-state index is -0.773. The van der Waals surface area contributed by atoms with Gasteiger partial charge in [-0.2, -0.15) is 9.97 Å². The first-order valence-corrected chi connectivity index (χ1v) is 16.8. The highest BCUT2D eigenvalue weighted by atomic mass is 15.3. The molecule has 3 atom stereocenters. The molecule has 0 saturated carbocycles. The van der Waals surface area contributed by atoms with Gasteiger partial charge in [-0.05, 0) is 109 Å². The highest BCUT2D eigenvalue weighted by molar-refractivity contribution is 5.86. The van der Waals surface area contributed by atoms with Gasteiger partial charge in [-0.15, -0.1) is 0 Å². The molecular formula is C35H62N8. The van der Waals surface area contributed by atoms with Crippen molar-refractivity contribution in [1.29, 1.82) is 0 Å². The van der Waals surface area contributed by atoms with Gasteiger partial charge in [0.2, 0.25) is 5.95 Å². The zero-order valence-electron chi connectivity index (χ0n) is 29.8. The van der Waals surface area contributed by atoms with Crippen LogP contribution in [-0.4, -0.2) is 67.9 Å². The van der Waals surface area contributed by atoms with Crippen molar-refractivity contribution in [2.45, 2.75) is 162 Å². The van der Waals surface area contributed by atoms with E-state index in [0.29, 0.717) is 12.0 Å². The predicted octanol–water partition coefficient (Wildman–Crippen LogP) is 6.21. The molecule has 3 unspecified atom stereocenters. The number of anilines is 1. The van der Waals surface area contributed by atoms with Gasteiger partial charge in [0, 0.05) is 28.9 Å². The van der Waals surface area contributed by atoms with Crippen LogP contribution in [0, 0.1) is 16.2 Å². The molecule has 4 aliphatic rings. The van der Waals surface area contributed by atoms with Gasteiger partial charge in [-0.3, -0.25) is 9.89 Å². The maximum absolute atomic E-state index is 7.89. The van der Waals surface area contributed by atoms with Gasteiger partial charge in [0.1, 0.15) is 5.82 Å². The summed E-state index contributed by atoms with van der Waals surface area (Å²) in [4.78, 5) is 24.0. The van der Waals surface area contributed by atoms with E-state index in [0.717, 1.165) is 69.8 Å². The van der Waals surface area contributed by atoms with Crippen LogP contribution in [0.4, 0.5) is 5.95 Å². The Morgan fingerprint density at radius 2 is 1.51 bits per heavy atom. The van der Waals surface area contributed by atoms with E-state index in [1.54, 1.807) is 0 Å². The van der Waals surface area contributed by atoms with E-state index in [1.165, 1.54) is 5.71 Å². The Morgan fingerprint density at radius 3 is 2.12 bits per heavy atom. The SMILES string of the molecule is CC(C)(C)CC(C)(C)Nc1nc2nc(n1)C13C(C)(C)CC(=NC4CCNCC4)CC(C)(C)CN(C(C)(C)CC21N)C3(C)C. The van der Waals surface area contributed by atoms with Crippen LogP contribution in [0.1, 0.15) is 140 Å². The molecule has 0 aliphatic carbocycles. The van der Waals surface area contributed by atoms with Gasteiger partial charge < -0.3 is 16.4 Å². The molecule has 242 valence electrons. The van der Waals surface area contributed by atoms with Gasteiger partial charge in [-0.1, -0.05) is 48.5 Å². The van der Waals surface area contributed by atoms with E-state index in [4.69, 9.17) is 25.7 Å². The minimum absolute atomic E-state index is 0.0521. The normalized spacial score (nSPS) is 34.2. The standard InChI is InChI=1S/C35H62N8/c1-28(2,3)20-31(8,9)42-27-40-25-34(36)21-32(10,11)43-22-29(4,5)18-24(38-23-14-16-37-17-15-23)19-30(6,7)35(34,33(43,12)13)26(39-25)41-27/h23,37H,14-22,36H2,1-13H3,(H,39,40,41,42). The molecule has 0 radical (unpaired) electrons. The Morgan fingerprint density at radius 1 is 0.907 bits per heavy atom. The smallest absolute Gasteiger partial charge is 0.226 e. The first-order valence-electron chi connectivity index (χ1n) is 16.8. The predicted molar refractivity (Wildman–Crippen MR) is 179 cm³/mol. The molecular weight excluding hydrogens is 532 g/mol. The van der Waals surface area contributed by atoms with Crippen LogP contribution in [0.3, 0.4) is 0 Å². The third-order valence-corrected chi connectivity index (χ3v) is 11.1. The number of nitrogens with one attached hydrogen (secondary N) is 2. The number of hydrogen-bond donors (Lipinski definition) is 3. The Hall–Kier alpha value is -1.64. The second-order valence-electron chi connectivity index (χ2n) is 19.0. The monoisotopic (exact) mass is 595 g/mol. The van der Waals surface area contributed by atoms with Gasteiger partial charge in [-0.25, -0.2) is 4.98 Å². The number of nitrogens with two attached hydrogens (primary N) is 1. The summed E-state index contributed by atoms with van der Waals surface area (Å²) in [6, 6.07) is 0.385. The second-order valence-corrected chi connectivity index (χ2v) is 19.0. The minimum Gasteiger partial charge on any atom is -0.349 e. The van der Waals surface area contributed by atoms with Crippen LogP contribution < -0.4 is 16.4 Å². The van der Waals surface area contributed by atoms with Crippen molar-refractivity contribution >= 4 is 11.7 Å². The van der Waals surface area contributed by atoms with Crippen LogP contribution in [0.5, 0.6) is 0 Å². The third kappa shape index (κ3) is 5.35. The van der Waals surface area contributed by atoms with Crippen molar-refractivity contribution in [2.24, 2.45) is 27.0 Å². The number of nitrogens with zero attached hydrogens (tertiary/aromatic N) is 5. The first-order chi connectivity index (χ1) is 19.4. The molecule has 4 N–H and O–H groups in total. The van der Waals surface area contributed by atoms with Crippen molar-refractivity contribution < 1.29 is 0 Å². The maximum Gasteiger partial charge on any atom is 0.226 e. The van der Waals surface area contributed by atoms with E-state index < -0.39 is 11.0 Å². The molecule has 0 aromatic carbocycles. The fraction of sp³-hybridized carbons (Fsp3) is 0.886. The fourth-order valence-corrected chi connectivity index (χ4v) is 10.8. The number of fused-ring (bicyclic) bond motifs is 4. The van der Waals surface area contributed by atoms with Crippen LogP contribution in [0.25, 0.3) is 0 Å². The van der Waals surface area contributed by atoms with Crippen molar-refractivity contribution in [3.05, 3.63) is 11.6 Å². The van der Waals surface area contributed by atoms with E-state index in [-0.39, 0.29) is 32.9 Å². The molecule has 4 bridgehead atoms. The quantitative estimate of drug-likeness (QED) is 0.381. The van der Waals surface area contributed by atoms with E-state index in [2.05, 4.69) is 106 Å². The second kappa shape index (κ2) is 9.93. The molecule has 3 saturated heterocycles. The highest BCUT2D eigenvalue weighted by Gasteiger charge is 2.77. The zero-order chi connectivity index (χ0) is 32.1. The molecule has 8 nitrogen and oxygen atoms in total. The molecule has 5 rings (SSSR count). The summed E-state index contributed by atoms with van der Waals surface area (Å²) in [7, 11) is 0. The van der Waals surface area contributed by atoms with Crippen molar-refractivity contribution in [1.82, 2.24) is 25.2 Å². The summed E-state index contributed by atoms with van der Waals surface area (Å²) in [6.45, 7) is 33.7. The topological polar surface area (TPSA) is 104 Å². The largest absolute Gasteiger partial charge is 0.349 e. The first kappa shape index (κ1) is 32.7. The lowest BCUT2D eigenvalue weighted by Crippen LogP contribution is -2.81. The third-order valence-electron chi connectivity index (χ3n) is 11.1. The maximum atomic E-state index is 7.89. The molecule has 1 aromatic rings. The van der Waals surface area contributed by atoms with Crippen LogP contribution in [0.2, 0.25) is 0 Å². The Balaban J connectivity index is 1.71. The number of rotatable bonds is 4. The summed E-state index contributed by atoms with van der Waals surface area (Å²) >= 11 is 0. The lowest BCUT2D eigenvalue weighted by atomic mass is 9.43. The molecule has 4 aliphatic heterocycles. The summed E-state index contributed by atoms with van der Waals surface area (Å²) in [5, 5.41) is 7.24. The zero-order valence-corrected chi connectivity index (χ0v) is 29.8. The van der Waals surface area contributed by atoms with Crippen LogP contribution in [0.15, 0.2) is 4.99 Å². The lowest BCUT2D eigenvalue weighted by molar-refractivity contribution is -0.171. The molecule has 3 fully saturated rings. The number of piperidine rings is 2. The lowest BCUT2D eigenvalue weighted by Gasteiger charge is -2.70. The van der Waals surface area contributed by atoms with Gasteiger partial charge in [0.25, 0.3) is 0 Å². The van der Waals surface area contributed by atoms with E-state index in [1.807, 2.05) is 0 Å². The van der Waals surface area contributed by atoms with Gasteiger partial charge in [0.15, 0.2) is 5.82 Å². The molecule has 8 heteroatoms. The van der Waals surface area contributed by atoms with E-state index in [9.17, 15) is 0 Å². The highest BCUT2D eigenvalue weighted by Crippen LogP contribution is 2.68. The van der Waals surface area contributed by atoms with Gasteiger partial charge >= 0.3 is 0 Å². The number of aromatic nitrogens is 3. The Kier molecular flexibility index (Phi) is 7.56. The number of aliphatic imine (C=N–C) groups is 1. The van der Waals surface area contributed by atoms with Gasteiger partial charge in [0.05, 0.1) is 17.0 Å². The molecule has 43 heavy (non-hydrogen) atoms. The van der Waals surface area contributed by atoms with Crippen LogP contribution >= 0.6 is 0 Å². The summed E-state index contributed by atoms with van der Waals surface area (Å²) in [5.74, 6) is 2.25. The van der Waals surface area contributed by atoms with Crippen LogP contribution in [-0.2, 0) is 11.0 Å². The molecule has 5 heterocycles. The average Bonchev–Trinajstić information content (AvgIpc) is 2.97. The summed E-state index contributed by atoms with van der Waals surface area (Å²) in [5.41, 5.74) is 7.10. The summed E-state index contributed by atoms with van der Waals surface area (Å²) < 4.78 is 0. The Bertz CT molecular complexity index is 1260.